The Morgan fingerprint density at radius 1 is 1.33 bits per heavy atom. The fourth-order valence-electron chi connectivity index (χ4n) is 1.39. The summed E-state index contributed by atoms with van der Waals surface area (Å²) in [6, 6.07) is 0.186. The van der Waals surface area contributed by atoms with Gasteiger partial charge in [0.05, 0.1) is 0 Å². The molecule has 1 N–H and O–H groups in total. The predicted octanol–water partition coefficient (Wildman–Crippen LogP) is 0.898. The number of hydrogen-bond donors (Lipinski definition) is 1. The maximum atomic E-state index is 12.2. The van der Waals surface area contributed by atoms with Crippen molar-refractivity contribution < 1.29 is 23.2 Å². The summed E-state index contributed by atoms with van der Waals surface area (Å²) in [4.78, 5) is 22.4. The lowest BCUT2D eigenvalue weighted by Crippen LogP contribution is -2.40. The fourth-order valence-corrected chi connectivity index (χ4v) is 1.39. The molecule has 2 aromatic rings. The van der Waals surface area contributed by atoms with E-state index in [2.05, 4.69) is 20.1 Å². The van der Waals surface area contributed by atoms with Crippen molar-refractivity contribution in [3.8, 4) is 5.95 Å². The molecule has 2 aromatic heterocycles. The van der Waals surface area contributed by atoms with E-state index >= 15 is 0 Å². The first kappa shape index (κ1) is 14.8. The van der Waals surface area contributed by atoms with Crippen LogP contribution in [0.5, 0.6) is 0 Å². The standard InChI is InChI=1S/C10H9F3N6O2/c1-6(19(21)8(20)10(11,12)13)7-16-5-18(17-7)9-14-3-2-4-15-9/h2-6,21H,1H3/t6-/m0/s1. The number of halogens is 3. The normalized spacial score (nSPS) is 13.0. The molecule has 1 atom stereocenters. The van der Waals surface area contributed by atoms with E-state index in [1.54, 1.807) is 6.07 Å². The van der Waals surface area contributed by atoms with Crippen LogP contribution in [0.2, 0.25) is 0 Å². The summed E-state index contributed by atoms with van der Waals surface area (Å²) in [6.45, 7) is 1.15. The molecule has 0 radical (unpaired) electrons. The molecule has 0 aliphatic heterocycles. The van der Waals surface area contributed by atoms with Crippen LogP contribution in [-0.2, 0) is 4.79 Å². The van der Waals surface area contributed by atoms with Crippen molar-refractivity contribution in [1.29, 1.82) is 0 Å². The summed E-state index contributed by atoms with van der Waals surface area (Å²) in [7, 11) is 0. The number of carbonyl (C=O) groups excluding carboxylic acids is 1. The van der Waals surface area contributed by atoms with Crippen molar-refractivity contribution in [2.24, 2.45) is 0 Å². The average Bonchev–Trinajstić information content (AvgIpc) is 2.94. The minimum atomic E-state index is -5.19. The second-order valence-electron chi connectivity index (χ2n) is 3.92. The minimum Gasteiger partial charge on any atom is -0.285 e. The van der Waals surface area contributed by atoms with Gasteiger partial charge < -0.3 is 0 Å². The van der Waals surface area contributed by atoms with E-state index in [9.17, 15) is 23.2 Å². The number of aromatic nitrogens is 5. The molecule has 0 spiro atoms. The van der Waals surface area contributed by atoms with E-state index in [0.717, 1.165) is 17.9 Å². The van der Waals surface area contributed by atoms with Crippen LogP contribution in [0.4, 0.5) is 13.2 Å². The molecule has 0 saturated heterocycles. The summed E-state index contributed by atoms with van der Waals surface area (Å²) in [5.74, 6) is -2.44. The second-order valence-corrected chi connectivity index (χ2v) is 3.92. The number of amides is 1. The zero-order valence-electron chi connectivity index (χ0n) is 10.6. The van der Waals surface area contributed by atoms with Crippen molar-refractivity contribution in [3.63, 3.8) is 0 Å². The van der Waals surface area contributed by atoms with E-state index < -0.39 is 23.2 Å². The Kier molecular flexibility index (Phi) is 3.84. The molecule has 11 heteroatoms. The zero-order valence-corrected chi connectivity index (χ0v) is 10.6. The van der Waals surface area contributed by atoms with Crippen molar-refractivity contribution in [2.45, 2.75) is 19.1 Å². The van der Waals surface area contributed by atoms with Gasteiger partial charge in [-0.05, 0) is 13.0 Å². The number of alkyl halides is 3. The van der Waals surface area contributed by atoms with Gasteiger partial charge in [-0.15, -0.1) is 5.10 Å². The monoisotopic (exact) mass is 302 g/mol. The van der Waals surface area contributed by atoms with Gasteiger partial charge in [0.1, 0.15) is 12.4 Å². The summed E-state index contributed by atoms with van der Waals surface area (Å²) < 4.78 is 37.8. The van der Waals surface area contributed by atoms with Crippen LogP contribution >= 0.6 is 0 Å². The van der Waals surface area contributed by atoms with E-state index in [4.69, 9.17) is 0 Å². The van der Waals surface area contributed by atoms with Gasteiger partial charge in [0.15, 0.2) is 5.82 Å². The van der Waals surface area contributed by atoms with Crippen LogP contribution in [0.3, 0.4) is 0 Å². The molecule has 112 valence electrons. The highest BCUT2D eigenvalue weighted by Crippen LogP contribution is 2.23. The topological polar surface area (TPSA) is 97.0 Å². The molecule has 0 aromatic carbocycles. The van der Waals surface area contributed by atoms with Crippen molar-refractivity contribution >= 4 is 5.91 Å². The predicted molar refractivity (Wildman–Crippen MR) is 60.1 cm³/mol. The number of hydroxylamine groups is 2. The molecule has 1 amide bonds. The van der Waals surface area contributed by atoms with Crippen LogP contribution in [0, 0.1) is 0 Å². The maximum absolute atomic E-state index is 12.2. The van der Waals surface area contributed by atoms with Gasteiger partial charge in [0.25, 0.3) is 5.95 Å². The average molecular weight is 302 g/mol. The first-order valence-electron chi connectivity index (χ1n) is 5.59. The van der Waals surface area contributed by atoms with Crippen molar-refractivity contribution in [3.05, 3.63) is 30.6 Å². The molecule has 0 saturated carbocycles. The molecular weight excluding hydrogens is 293 g/mol. The molecule has 0 aliphatic carbocycles. The Labute approximate surface area is 115 Å². The first-order valence-corrected chi connectivity index (χ1v) is 5.59. The Hall–Kier alpha value is -2.56. The van der Waals surface area contributed by atoms with E-state index in [-0.39, 0.29) is 11.8 Å². The van der Waals surface area contributed by atoms with E-state index in [0.29, 0.717) is 0 Å². The van der Waals surface area contributed by atoms with E-state index in [1.165, 1.54) is 12.4 Å². The lowest BCUT2D eigenvalue weighted by atomic mass is 10.3. The Bertz CT molecular complexity index is 629. The third kappa shape index (κ3) is 3.13. The number of carbonyl (C=O) groups is 1. The van der Waals surface area contributed by atoms with Crippen LogP contribution in [-0.4, -0.2) is 47.1 Å². The van der Waals surface area contributed by atoms with Gasteiger partial charge in [-0.1, -0.05) is 0 Å². The van der Waals surface area contributed by atoms with Crippen molar-refractivity contribution in [1.82, 2.24) is 29.8 Å². The van der Waals surface area contributed by atoms with E-state index in [1.807, 2.05) is 0 Å². The first-order chi connectivity index (χ1) is 9.80. The van der Waals surface area contributed by atoms with Crippen LogP contribution in [0.25, 0.3) is 5.95 Å². The molecule has 2 heterocycles. The number of nitrogens with zero attached hydrogens (tertiary/aromatic N) is 6. The number of rotatable bonds is 3. The van der Waals surface area contributed by atoms with Crippen LogP contribution in [0.1, 0.15) is 18.8 Å². The van der Waals surface area contributed by atoms with Gasteiger partial charge in [-0.3, -0.25) is 10.0 Å². The summed E-state index contributed by atoms with van der Waals surface area (Å²) in [6.07, 6.45) is -1.14. The lowest BCUT2D eigenvalue weighted by Gasteiger charge is -2.20. The smallest absolute Gasteiger partial charge is 0.285 e. The lowest BCUT2D eigenvalue weighted by molar-refractivity contribution is -0.223. The fraction of sp³-hybridized carbons (Fsp3) is 0.300. The molecule has 0 unspecified atom stereocenters. The highest BCUT2D eigenvalue weighted by molar-refractivity contribution is 5.81. The van der Waals surface area contributed by atoms with Gasteiger partial charge in [0.2, 0.25) is 0 Å². The molecular formula is C10H9F3N6O2. The molecule has 0 bridgehead atoms. The summed E-state index contributed by atoms with van der Waals surface area (Å²) in [5.41, 5.74) is 0. The molecule has 8 nitrogen and oxygen atoms in total. The van der Waals surface area contributed by atoms with Crippen LogP contribution in [0.15, 0.2) is 24.8 Å². The summed E-state index contributed by atoms with van der Waals surface area (Å²) in [5, 5.41) is 12.7. The third-order valence-electron chi connectivity index (χ3n) is 2.46. The highest BCUT2D eigenvalue weighted by Gasteiger charge is 2.44. The SMILES string of the molecule is C[C@@H](c1ncn(-c2ncccn2)n1)N(O)C(=O)C(F)(F)F. The highest BCUT2D eigenvalue weighted by atomic mass is 19.4. The molecule has 0 aliphatic rings. The largest absolute Gasteiger partial charge is 0.473 e. The quantitative estimate of drug-likeness (QED) is 0.668. The van der Waals surface area contributed by atoms with Crippen molar-refractivity contribution in [2.75, 3.05) is 0 Å². The summed E-state index contributed by atoms with van der Waals surface area (Å²) >= 11 is 0. The van der Waals surface area contributed by atoms with Gasteiger partial charge in [-0.25, -0.2) is 20.0 Å². The molecule has 2 rings (SSSR count). The molecule has 21 heavy (non-hydrogen) atoms. The van der Waals surface area contributed by atoms with Crippen LogP contribution < -0.4 is 0 Å². The Morgan fingerprint density at radius 3 is 2.52 bits per heavy atom. The Balaban J connectivity index is 2.20. The minimum absolute atomic E-state index is 0.148. The second kappa shape index (κ2) is 5.44. The number of hydrogen-bond acceptors (Lipinski definition) is 6. The van der Waals surface area contributed by atoms with Gasteiger partial charge >= 0.3 is 12.1 Å². The maximum Gasteiger partial charge on any atom is 0.473 e. The van der Waals surface area contributed by atoms with Gasteiger partial charge in [0, 0.05) is 12.4 Å². The van der Waals surface area contributed by atoms with Gasteiger partial charge in [-0.2, -0.15) is 17.9 Å². The molecule has 0 fully saturated rings. The Morgan fingerprint density at radius 2 is 1.95 bits per heavy atom. The zero-order chi connectivity index (χ0) is 15.6. The third-order valence-corrected chi connectivity index (χ3v) is 2.46.